The van der Waals surface area contributed by atoms with Gasteiger partial charge >= 0.3 is 0 Å². The van der Waals surface area contributed by atoms with Crippen LogP contribution in [-0.4, -0.2) is 48.3 Å². The lowest BCUT2D eigenvalue weighted by molar-refractivity contribution is 0.140. The van der Waals surface area contributed by atoms with Crippen molar-refractivity contribution < 1.29 is 5.11 Å². The molecular formula is C11H22N2O. The monoisotopic (exact) mass is 198 g/mol. The van der Waals surface area contributed by atoms with E-state index in [1.807, 2.05) is 6.08 Å². The zero-order chi connectivity index (χ0) is 10.4. The van der Waals surface area contributed by atoms with Crippen molar-refractivity contribution >= 4 is 0 Å². The molecule has 2 atom stereocenters. The molecular weight excluding hydrogens is 176 g/mol. The van der Waals surface area contributed by atoms with E-state index in [0.717, 1.165) is 26.1 Å². The molecule has 0 saturated carbocycles. The highest BCUT2D eigenvalue weighted by atomic mass is 16.3. The van der Waals surface area contributed by atoms with E-state index in [1.165, 1.54) is 6.42 Å². The fraction of sp³-hybridized carbons (Fsp3) is 0.818. The van der Waals surface area contributed by atoms with Gasteiger partial charge in [0.05, 0.1) is 0 Å². The van der Waals surface area contributed by atoms with Gasteiger partial charge in [0.25, 0.3) is 0 Å². The summed E-state index contributed by atoms with van der Waals surface area (Å²) in [5.74, 6) is 0. The van der Waals surface area contributed by atoms with E-state index in [9.17, 15) is 0 Å². The van der Waals surface area contributed by atoms with Gasteiger partial charge in [0.15, 0.2) is 0 Å². The number of nitrogens with one attached hydrogen (secondary N) is 1. The van der Waals surface area contributed by atoms with Crippen LogP contribution >= 0.6 is 0 Å². The molecule has 82 valence electrons. The summed E-state index contributed by atoms with van der Waals surface area (Å²) in [4.78, 5) is 2.43. The number of hydrogen-bond donors (Lipinski definition) is 2. The van der Waals surface area contributed by atoms with Crippen LogP contribution in [0.2, 0.25) is 0 Å². The number of aliphatic hydroxyl groups excluding tert-OH is 1. The number of aliphatic hydroxyl groups is 1. The average Bonchev–Trinajstić information content (AvgIpc) is 2.33. The van der Waals surface area contributed by atoms with Crippen molar-refractivity contribution in [2.75, 3.05) is 26.2 Å². The standard InChI is InChI=1S/C11H22N2O/c1-3-7-13-10(2)4-6-12-9-11(13)5-8-14/h3,10-12,14H,1,4-9H2,2H3. The predicted molar refractivity (Wildman–Crippen MR) is 59.3 cm³/mol. The van der Waals surface area contributed by atoms with Crippen LogP contribution in [0.1, 0.15) is 19.8 Å². The summed E-state index contributed by atoms with van der Waals surface area (Å²) in [5.41, 5.74) is 0. The summed E-state index contributed by atoms with van der Waals surface area (Å²) >= 11 is 0. The van der Waals surface area contributed by atoms with Gasteiger partial charge in [0, 0.05) is 31.8 Å². The lowest BCUT2D eigenvalue weighted by Crippen LogP contribution is -2.44. The lowest BCUT2D eigenvalue weighted by atomic mass is 10.1. The molecule has 1 heterocycles. The number of rotatable bonds is 4. The lowest BCUT2D eigenvalue weighted by Gasteiger charge is -2.33. The fourth-order valence-corrected chi connectivity index (χ4v) is 2.12. The first-order chi connectivity index (χ1) is 6.79. The second-order valence-corrected chi connectivity index (χ2v) is 3.99. The Morgan fingerprint density at radius 3 is 3.07 bits per heavy atom. The molecule has 0 aromatic rings. The maximum atomic E-state index is 9.00. The smallest absolute Gasteiger partial charge is 0.0446 e. The van der Waals surface area contributed by atoms with Gasteiger partial charge in [-0.05, 0) is 26.3 Å². The number of hydrogen-bond acceptors (Lipinski definition) is 3. The molecule has 0 amide bonds. The Kier molecular flexibility index (Phi) is 5.15. The SMILES string of the molecule is C=CCN1C(C)CCNCC1CCO. The molecule has 3 nitrogen and oxygen atoms in total. The predicted octanol–water partition coefficient (Wildman–Crippen LogP) is 0.607. The van der Waals surface area contributed by atoms with E-state index in [4.69, 9.17) is 5.11 Å². The quantitative estimate of drug-likeness (QED) is 0.650. The topological polar surface area (TPSA) is 35.5 Å². The summed E-state index contributed by atoms with van der Waals surface area (Å²) in [6.07, 6.45) is 3.98. The van der Waals surface area contributed by atoms with E-state index in [1.54, 1.807) is 0 Å². The summed E-state index contributed by atoms with van der Waals surface area (Å²) in [6.45, 7) is 9.30. The second-order valence-electron chi connectivity index (χ2n) is 3.99. The van der Waals surface area contributed by atoms with E-state index < -0.39 is 0 Å². The molecule has 0 spiro atoms. The van der Waals surface area contributed by atoms with Gasteiger partial charge in [0.2, 0.25) is 0 Å². The Morgan fingerprint density at radius 2 is 2.43 bits per heavy atom. The maximum absolute atomic E-state index is 9.00. The fourth-order valence-electron chi connectivity index (χ4n) is 2.12. The minimum atomic E-state index is 0.271. The van der Waals surface area contributed by atoms with Gasteiger partial charge in [-0.3, -0.25) is 4.90 Å². The van der Waals surface area contributed by atoms with Gasteiger partial charge in [-0.15, -0.1) is 6.58 Å². The highest BCUT2D eigenvalue weighted by Crippen LogP contribution is 2.13. The van der Waals surface area contributed by atoms with Crippen molar-refractivity contribution in [2.45, 2.75) is 31.8 Å². The molecule has 1 aliphatic heterocycles. The molecule has 2 N–H and O–H groups in total. The first-order valence-electron chi connectivity index (χ1n) is 5.47. The molecule has 1 saturated heterocycles. The van der Waals surface area contributed by atoms with Crippen LogP contribution in [0, 0.1) is 0 Å². The molecule has 3 heteroatoms. The third-order valence-electron chi connectivity index (χ3n) is 2.96. The first-order valence-corrected chi connectivity index (χ1v) is 5.47. The minimum absolute atomic E-state index is 0.271. The Labute approximate surface area is 86.8 Å². The van der Waals surface area contributed by atoms with E-state index in [-0.39, 0.29) is 6.61 Å². The molecule has 14 heavy (non-hydrogen) atoms. The minimum Gasteiger partial charge on any atom is -0.396 e. The van der Waals surface area contributed by atoms with Gasteiger partial charge in [-0.2, -0.15) is 0 Å². The Hall–Kier alpha value is -0.380. The molecule has 2 unspecified atom stereocenters. The van der Waals surface area contributed by atoms with Crippen LogP contribution in [0.4, 0.5) is 0 Å². The first kappa shape index (κ1) is 11.7. The maximum Gasteiger partial charge on any atom is 0.0446 e. The largest absolute Gasteiger partial charge is 0.396 e. The van der Waals surface area contributed by atoms with Crippen LogP contribution < -0.4 is 5.32 Å². The van der Waals surface area contributed by atoms with Crippen molar-refractivity contribution in [3.63, 3.8) is 0 Å². The van der Waals surface area contributed by atoms with Crippen LogP contribution in [0.5, 0.6) is 0 Å². The average molecular weight is 198 g/mol. The summed E-state index contributed by atoms with van der Waals surface area (Å²) in [7, 11) is 0. The van der Waals surface area contributed by atoms with E-state index >= 15 is 0 Å². The summed E-state index contributed by atoms with van der Waals surface area (Å²) in [5, 5.41) is 12.4. The van der Waals surface area contributed by atoms with Gasteiger partial charge < -0.3 is 10.4 Å². The second kappa shape index (κ2) is 6.17. The van der Waals surface area contributed by atoms with Crippen LogP contribution in [0.15, 0.2) is 12.7 Å². The van der Waals surface area contributed by atoms with Crippen molar-refractivity contribution in [3.8, 4) is 0 Å². The van der Waals surface area contributed by atoms with Gasteiger partial charge in [0.1, 0.15) is 0 Å². The van der Waals surface area contributed by atoms with Crippen molar-refractivity contribution in [1.82, 2.24) is 10.2 Å². The van der Waals surface area contributed by atoms with E-state index in [0.29, 0.717) is 12.1 Å². The highest BCUT2D eigenvalue weighted by molar-refractivity contribution is 4.86. The number of nitrogens with zero attached hydrogens (tertiary/aromatic N) is 1. The Morgan fingerprint density at radius 1 is 1.64 bits per heavy atom. The summed E-state index contributed by atoms with van der Waals surface area (Å²) < 4.78 is 0. The zero-order valence-corrected chi connectivity index (χ0v) is 9.08. The molecule has 1 aliphatic rings. The van der Waals surface area contributed by atoms with E-state index in [2.05, 4.69) is 23.7 Å². The van der Waals surface area contributed by atoms with Crippen LogP contribution in [0.25, 0.3) is 0 Å². The third-order valence-corrected chi connectivity index (χ3v) is 2.96. The molecule has 0 aromatic heterocycles. The normalized spacial score (nSPS) is 29.9. The molecule has 0 bridgehead atoms. The zero-order valence-electron chi connectivity index (χ0n) is 9.08. The van der Waals surface area contributed by atoms with Gasteiger partial charge in [-0.1, -0.05) is 6.08 Å². The van der Waals surface area contributed by atoms with Crippen molar-refractivity contribution in [1.29, 1.82) is 0 Å². The summed E-state index contributed by atoms with van der Waals surface area (Å²) in [6, 6.07) is 1.04. The van der Waals surface area contributed by atoms with Gasteiger partial charge in [-0.25, -0.2) is 0 Å². The molecule has 1 fully saturated rings. The highest BCUT2D eigenvalue weighted by Gasteiger charge is 2.24. The van der Waals surface area contributed by atoms with Crippen LogP contribution in [-0.2, 0) is 0 Å². The molecule has 1 rings (SSSR count). The Balaban J connectivity index is 2.59. The molecule has 0 radical (unpaired) electrons. The molecule has 0 aromatic carbocycles. The van der Waals surface area contributed by atoms with Crippen molar-refractivity contribution in [2.24, 2.45) is 0 Å². The van der Waals surface area contributed by atoms with Crippen molar-refractivity contribution in [3.05, 3.63) is 12.7 Å². The Bertz CT molecular complexity index is 173. The molecule has 0 aliphatic carbocycles. The van der Waals surface area contributed by atoms with Crippen LogP contribution in [0.3, 0.4) is 0 Å². The third kappa shape index (κ3) is 3.08.